The Morgan fingerprint density at radius 3 is 2.61 bits per heavy atom. The van der Waals surface area contributed by atoms with Crippen LogP contribution in [0.3, 0.4) is 0 Å². The number of amidine groups is 1. The van der Waals surface area contributed by atoms with Crippen molar-refractivity contribution in [3.8, 4) is 11.5 Å². The third-order valence-corrected chi connectivity index (χ3v) is 7.80. The van der Waals surface area contributed by atoms with E-state index >= 15 is 0 Å². The number of aromatic nitrogens is 1. The minimum atomic E-state index is -4.35. The van der Waals surface area contributed by atoms with E-state index in [4.69, 9.17) is 4.74 Å². The Balaban J connectivity index is 1.57. The van der Waals surface area contributed by atoms with Crippen LogP contribution >= 0.6 is 0 Å². The van der Waals surface area contributed by atoms with Crippen molar-refractivity contribution in [2.24, 2.45) is 15.7 Å². The number of hydrogen-bond donors (Lipinski definition) is 4. The first-order valence-corrected chi connectivity index (χ1v) is 13.6. The van der Waals surface area contributed by atoms with E-state index in [1.54, 1.807) is 45.0 Å². The van der Waals surface area contributed by atoms with Gasteiger partial charge in [0, 0.05) is 23.4 Å². The lowest BCUT2D eigenvalue weighted by Gasteiger charge is -2.28. The summed E-state index contributed by atoms with van der Waals surface area (Å²) in [7, 11) is -4.35. The predicted octanol–water partition coefficient (Wildman–Crippen LogP) is 3.10. The van der Waals surface area contributed by atoms with Crippen molar-refractivity contribution in [3.63, 3.8) is 0 Å². The number of carboxylic acid groups (broad SMARTS) is 1. The molecule has 0 bridgehead atoms. The Labute approximate surface area is 218 Å². The molecule has 0 spiro atoms. The second kappa shape index (κ2) is 9.05. The van der Waals surface area contributed by atoms with Crippen LogP contribution in [0.2, 0.25) is 0 Å². The van der Waals surface area contributed by atoms with Gasteiger partial charge in [0.15, 0.2) is 11.9 Å². The minimum Gasteiger partial charge on any atom is -0.506 e. The number of benzene rings is 2. The van der Waals surface area contributed by atoms with Gasteiger partial charge in [-0.3, -0.25) is 4.79 Å². The third-order valence-electron chi connectivity index (χ3n) is 6.49. The first-order valence-electron chi connectivity index (χ1n) is 12.1. The van der Waals surface area contributed by atoms with Gasteiger partial charge in [-0.05, 0) is 43.0 Å². The Morgan fingerprint density at radius 2 is 1.95 bits per heavy atom. The molecule has 1 unspecified atom stereocenters. The van der Waals surface area contributed by atoms with Crippen LogP contribution in [0.1, 0.15) is 39.2 Å². The maximum absolute atomic E-state index is 13.5. The summed E-state index contributed by atoms with van der Waals surface area (Å²) < 4.78 is 37.2. The molecule has 1 fully saturated rings. The van der Waals surface area contributed by atoms with Gasteiger partial charge in [-0.2, -0.15) is 8.42 Å². The predicted molar refractivity (Wildman–Crippen MR) is 142 cm³/mol. The smallest absolute Gasteiger partial charge is 0.345 e. The molecule has 0 saturated heterocycles. The molecule has 200 valence electrons. The number of ether oxygens (including phenoxy) is 1. The minimum absolute atomic E-state index is 0.0373. The summed E-state index contributed by atoms with van der Waals surface area (Å²) >= 11 is 0. The van der Waals surface area contributed by atoms with Crippen LogP contribution in [-0.2, 0) is 14.8 Å². The van der Waals surface area contributed by atoms with Crippen molar-refractivity contribution >= 4 is 38.4 Å². The molecule has 1 aliphatic heterocycles. The number of aromatic hydroxyl groups is 1. The third kappa shape index (κ3) is 4.67. The fourth-order valence-corrected chi connectivity index (χ4v) is 5.43. The van der Waals surface area contributed by atoms with Crippen LogP contribution in [-0.4, -0.2) is 47.8 Å². The number of sulfonamides is 1. The number of carbonyl (C=O) groups is 1. The van der Waals surface area contributed by atoms with Gasteiger partial charge < -0.3 is 25.7 Å². The molecule has 1 atom stereocenters. The highest BCUT2D eigenvalue weighted by Gasteiger charge is 2.35. The van der Waals surface area contributed by atoms with Gasteiger partial charge in [-0.25, -0.2) is 9.47 Å². The highest BCUT2D eigenvalue weighted by Crippen LogP contribution is 2.35. The Kier molecular flexibility index (Phi) is 6.09. The number of rotatable bonds is 7. The number of nitrogens with one attached hydrogen (secondary N) is 2. The van der Waals surface area contributed by atoms with Crippen molar-refractivity contribution in [2.45, 2.75) is 44.6 Å². The molecule has 0 radical (unpaired) electrons. The largest absolute Gasteiger partial charge is 0.506 e. The number of hydrogen-bond acceptors (Lipinski definition) is 8. The van der Waals surface area contributed by atoms with E-state index in [-0.39, 0.29) is 27.7 Å². The molecule has 38 heavy (non-hydrogen) atoms. The maximum atomic E-state index is 13.5. The van der Waals surface area contributed by atoms with Crippen LogP contribution in [0.15, 0.2) is 56.6 Å². The normalized spacial score (nSPS) is 17.2. The van der Waals surface area contributed by atoms with Crippen molar-refractivity contribution in [1.82, 2.24) is 4.68 Å². The maximum Gasteiger partial charge on any atom is 0.345 e. The summed E-state index contributed by atoms with van der Waals surface area (Å²) in [4.78, 5) is 25.0. The van der Waals surface area contributed by atoms with Crippen LogP contribution in [0.4, 0.5) is 5.69 Å². The highest BCUT2D eigenvalue weighted by molar-refractivity contribution is 7.90. The van der Waals surface area contributed by atoms with Crippen molar-refractivity contribution in [1.29, 1.82) is 0 Å². The van der Waals surface area contributed by atoms with Crippen LogP contribution < -0.4 is 21.0 Å². The Hall–Kier alpha value is -4.06. The topological polar surface area (TPSA) is 159 Å². The molecular formula is C26H28N4O7S. The monoisotopic (exact) mass is 540 g/mol. The first kappa shape index (κ1) is 25.6. The molecule has 1 saturated carbocycles. The number of aliphatic carboxylic acids is 1. The van der Waals surface area contributed by atoms with Crippen molar-refractivity contribution in [3.05, 3.63) is 58.4 Å². The van der Waals surface area contributed by atoms with E-state index in [2.05, 4.69) is 15.1 Å². The summed E-state index contributed by atoms with van der Waals surface area (Å²) in [6.07, 6.45) is 0.889. The summed E-state index contributed by atoms with van der Waals surface area (Å²) in [5, 5.41) is 23.8. The van der Waals surface area contributed by atoms with Gasteiger partial charge in [0.05, 0.1) is 11.2 Å². The van der Waals surface area contributed by atoms with Gasteiger partial charge in [0.1, 0.15) is 22.0 Å². The molecule has 5 rings (SSSR count). The average molecular weight is 541 g/mol. The summed E-state index contributed by atoms with van der Waals surface area (Å²) in [6.45, 7) is 5.65. The zero-order valence-electron chi connectivity index (χ0n) is 21.1. The second-order valence-electron chi connectivity index (χ2n) is 10.6. The molecule has 2 heterocycles. The molecule has 4 N–H and O–H groups in total. The number of anilines is 1. The number of fused-ring (bicyclic) bond motifs is 2. The van der Waals surface area contributed by atoms with Crippen molar-refractivity contribution < 1.29 is 28.2 Å². The standard InChI is InChI=1S/C26H28N4O7S/c1-26(2,3)22(25(33)34)37-15-10-11-17-19(12-15)38(35,36)29-23(28-17)20-21(31)16-6-4-5-7-18(16)30(24(20)32)27-13-14-8-9-14/h4-7,10-12,14,22,27,31H,8-9,13H2,1-3H3,(H,28,29)(H,33,34). The first-order chi connectivity index (χ1) is 17.9. The van der Waals surface area contributed by atoms with E-state index < -0.39 is 38.8 Å². The van der Waals surface area contributed by atoms with Crippen LogP contribution in [0, 0.1) is 11.3 Å². The number of nitrogens with zero attached hydrogens (tertiary/aromatic N) is 2. The zero-order valence-corrected chi connectivity index (χ0v) is 21.9. The van der Waals surface area contributed by atoms with E-state index in [9.17, 15) is 28.2 Å². The summed E-state index contributed by atoms with van der Waals surface area (Å²) in [5.41, 5.74) is 1.96. The summed E-state index contributed by atoms with van der Waals surface area (Å²) in [6, 6.07) is 10.8. The van der Waals surface area contributed by atoms with Crippen molar-refractivity contribution in [2.75, 3.05) is 17.3 Å². The van der Waals surface area contributed by atoms with E-state index in [0.717, 1.165) is 12.8 Å². The SMILES string of the molecule is CC(C)(C)C(Oc1ccc2c(c1)S(=O)(=O)N=C(c1c(O)c3ccccc3n(NCC3CC3)c1=O)N2)C(=O)O. The van der Waals surface area contributed by atoms with Crippen LogP contribution in [0.5, 0.6) is 11.5 Å². The van der Waals surface area contributed by atoms with Gasteiger partial charge in [0.2, 0.25) is 0 Å². The lowest BCUT2D eigenvalue weighted by atomic mass is 9.89. The zero-order chi connectivity index (χ0) is 27.4. The second-order valence-corrected chi connectivity index (χ2v) is 12.2. The van der Waals surface area contributed by atoms with E-state index in [1.165, 1.54) is 22.9 Å². The van der Waals surface area contributed by atoms with Gasteiger partial charge in [0.25, 0.3) is 15.6 Å². The number of para-hydroxylation sites is 1. The lowest BCUT2D eigenvalue weighted by molar-refractivity contribution is -0.150. The van der Waals surface area contributed by atoms with Gasteiger partial charge >= 0.3 is 5.97 Å². The highest BCUT2D eigenvalue weighted by atomic mass is 32.2. The molecule has 0 amide bonds. The van der Waals surface area contributed by atoms with E-state index in [1.807, 2.05) is 0 Å². The van der Waals surface area contributed by atoms with E-state index in [0.29, 0.717) is 23.4 Å². The molecular weight excluding hydrogens is 512 g/mol. The van der Waals surface area contributed by atoms with Gasteiger partial charge in [-0.1, -0.05) is 32.9 Å². The fraction of sp³-hybridized carbons (Fsp3) is 0.346. The molecule has 1 aliphatic carbocycles. The quantitative estimate of drug-likeness (QED) is 0.353. The average Bonchev–Trinajstić information content (AvgIpc) is 3.66. The molecule has 11 nitrogen and oxygen atoms in total. The molecule has 1 aromatic heterocycles. The van der Waals surface area contributed by atoms with Gasteiger partial charge in [-0.15, -0.1) is 4.40 Å². The molecule has 12 heteroatoms. The summed E-state index contributed by atoms with van der Waals surface area (Å²) in [5.74, 6) is -1.41. The molecule has 2 aliphatic rings. The number of pyridine rings is 1. The molecule has 2 aromatic carbocycles. The Bertz CT molecular complexity index is 1650. The van der Waals surface area contributed by atoms with Crippen LogP contribution in [0.25, 0.3) is 10.9 Å². The molecule has 3 aromatic rings. The Morgan fingerprint density at radius 1 is 1.24 bits per heavy atom. The lowest BCUT2D eigenvalue weighted by Crippen LogP contribution is -2.39. The fourth-order valence-electron chi connectivity index (χ4n) is 4.29. The number of carboxylic acids is 1.